The van der Waals surface area contributed by atoms with Gasteiger partial charge >= 0.3 is 0 Å². The summed E-state index contributed by atoms with van der Waals surface area (Å²) in [4.78, 5) is 6.74. The van der Waals surface area contributed by atoms with Gasteiger partial charge in [0.25, 0.3) is 10.0 Å². The van der Waals surface area contributed by atoms with Crippen LogP contribution in [-0.4, -0.2) is 59.4 Å². The molecule has 144 valence electrons. The van der Waals surface area contributed by atoms with Crippen LogP contribution in [0.5, 0.6) is 0 Å². The summed E-state index contributed by atoms with van der Waals surface area (Å²) in [5.74, 6) is 0. The standard InChI is InChI=1S/C18H27ClN4O2S/c1-4-21(5-2)10-6-7-14(3)23-12-11-22-17-9-8-15(19)13-16(17)20-18(22)26(23,24)25/h8-9,13-14H,4-7,10-12H2,1-3H3. The Morgan fingerprint density at radius 1 is 1.27 bits per heavy atom. The maximum absolute atomic E-state index is 13.1. The number of halogens is 1. The van der Waals surface area contributed by atoms with Crippen LogP contribution >= 0.6 is 11.6 Å². The minimum absolute atomic E-state index is 0.0345. The maximum atomic E-state index is 13.1. The number of fused-ring (bicyclic) bond motifs is 3. The van der Waals surface area contributed by atoms with E-state index in [0.29, 0.717) is 23.6 Å². The first kappa shape index (κ1) is 19.6. The molecule has 3 rings (SSSR count). The van der Waals surface area contributed by atoms with Gasteiger partial charge in [-0.2, -0.15) is 4.31 Å². The van der Waals surface area contributed by atoms with Gasteiger partial charge in [0.15, 0.2) is 0 Å². The molecule has 0 fully saturated rings. The van der Waals surface area contributed by atoms with Crippen molar-refractivity contribution in [2.24, 2.45) is 0 Å². The van der Waals surface area contributed by atoms with Crippen LogP contribution in [0.1, 0.15) is 33.6 Å². The summed E-state index contributed by atoms with van der Waals surface area (Å²) < 4.78 is 29.6. The van der Waals surface area contributed by atoms with Crippen molar-refractivity contribution in [3.05, 3.63) is 23.2 Å². The van der Waals surface area contributed by atoms with Crippen molar-refractivity contribution in [3.63, 3.8) is 0 Å². The van der Waals surface area contributed by atoms with Gasteiger partial charge < -0.3 is 9.47 Å². The predicted molar refractivity (Wildman–Crippen MR) is 105 cm³/mol. The van der Waals surface area contributed by atoms with Crippen LogP contribution in [-0.2, 0) is 16.6 Å². The van der Waals surface area contributed by atoms with E-state index in [0.717, 1.165) is 38.0 Å². The van der Waals surface area contributed by atoms with Crippen LogP contribution in [0.2, 0.25) is 5.02 Å². The van der Waals surface area contributed by atoms with E-state index < -0.39 is 10.0 Å². The highest BCUT2D eigenvalue weighted by Crippen LogP contribution is 2.29. The van der Waals surface area contributed by atoms with E-state index in [2.05, 4.69) is 23.7 Å². The Morgan fingerprint density at radius 3 is 2.69 bits per heavy atom. The van der Waals surface area contributed by atoms with E-state index in [1.165, 1.54) is 0 Å². The van der Waals surface area contributed by atoms with Gasteiger partial charge in [0, 0.05) is 24.2 Å². The first-order valence-electron chi connectivity index (χ1n) is 9.28. The first-order valence-corrected chi connectivity index (χ1v) is 11.1. The predicted octanol–water partition coefficient (Wildman–Crippen LogP) is 3.20. The van der Waals surface area contributed by atoms with Gasteiger partial charge in [0.05, 0.1) is 11.0 Å². The summed E-state index contributed by atoms with van der Waals surface area (Å²) in [6.07, 6.45) is 1.84. The van der Waals surface area contributed by atoms with E-state index >= 15 is 0 Å². The zero-order valence-corrected chi connectivity index (χ0v) is 17.2. The number of hydrogen-bond donors (Lipinski definition) is 0. The van der Waals surface area contributed by atoms with Crippen molar-refractivity contribution in [2.75, 3.05) is 26.2 Å². The van der Waals surface area contributed by atoms with Crippen molar-refractivity contribution in [2.45, 2.75) is 51.4 Å². The van der Waals surface area contributed by atoms with Gasteiger partial charge in [-0.25, -0.2) is 13.4 Å². The number of hydrogen-bond acceptors (Lipinski definition) is 4. The molecular formula is C18H27ClN4O2S. The minimum atomic E-state index is -3.59. The van der Waals surface area contributed by atoms with E-state index in [4.69, 9.17) is 11.6 Å². The number of aromatic nitrogens is 2. The molecule has 0 aliphatic carbocycles. The average molecular weight is 399 g/mol. The summed E-state index contributed by atoms with van der Waals surface area (Å²) in [7, 11) is -3.59. The van der Waals surface area contributed by atoms with Gasteiger partial charge in [0.1, 0.15) is 0 Å². The summed E-state index contributed by atoms with van der Waals surface area (Å²) in [5, 5.41) is 0.698. The summed E-state index contributed by atoms with van der Waals surface area (Å²) >= 11 is 6.03. The molecule has 1 aromatic carbocycles. The average Bonchev–Trinajstić information content (AvgIpc) is 2.97. The van der Waals surface area contributed by atoms with Crippen LogP contribution in [0, 0.1) is 0 Å². The summed E-state index contributed by atoms with van der Waals surface area (Å²) in [6.45, 7) is 10.5. The van der Waals surface area contributed by atoms with E-state index in [-0.39, 0.29) is 11.2 Å². The highest BCUT2D eigenvalue weighted by Gasteiger charge is 2.37. The molecule has 0 amide bonds. The summed E-state index contributed by atoms with van der Waals surface area (Å²) in [6, 6.07) is 5.29. The van der Waals surface area contributed by atoms with E-state index in [9.17, 15) is 8.42 Å². The highest BCUT2D eigenvalue weighted by molar-refractivity contribution is 7.89. The number of rotatable bonds is 7. The van der Waals surface area contributed by atoms with Gasteiger partial charge in [-0.05, 0) is 57.6 Å². The molecule has 1 aromatic heterocycles. The molecule has 0 bridgehead atoms. The lowest BCUT2D eigenvalue weighted by molar-refractivity contribution is 0.256. The third-order valence-electron chi connectivity index (χ3n) is 5.24. The molecule has 1 unspecified atom stereocenters. The zero-order chi connectivity index (χ0) is 18.9. The van der Waals surface area contributed by atoms with Crippen molar-refractivity contribution in [1.29, 1.82) is 0 Å². The van der Waals surface area contributed by atoms with Gasteiger partial charge in [-0.1, -0.05) is 25.4 Å². The fourth-order valence-corrected chi connectivity index (χ4v) is 5.63. The van der Waals surface area contributed by atoms with Crippen LogP contribution < -0.4 is 0 Å². The van der Waals surface area contributed by atoms with Gasteiger partial charge in [-0.15, -0.1) is 0 Å². The Labute approximate surface area is 160 Å². The molecule has 0 radical (unpaired) electrons. The molecule has 0 saturated heterocycles. The Morgan fingerprint density at radius 2 is 2.00 bits per heavy atom. The molecule has 1 aliphatic heterocycles. The monoisotopic (exact) mass is 398 g/mol. The lowest BCUT2D eigenvalue weighted by atomic mass is 10.1. The molecule has 0 spiro atoms. The SMILES string of the molecule is CCN(CC)CCCC(C)N1CCn2c(nc3cc(Cl)ccc32)S1(=O)=O. The lowest BCUT2D eigenvalue weighted by Crippen LogP contribution is -2.45. The molecule has 2 aromatic rings. The van der Waals surface area contributed by atoms with Crippen molar-refractivity contribution in [1.82, 2.24) is 18.8 Å². The number of imidazole rings is 1. The Balaban J connectivity index is 1.79. The fourth-order valence-electron chi connectivity index (χ4n) is 3.67. The van der Waals surface area contributed by atoms with Gasteiger partial charge in [0.2, 0.25) is 5.16 Å². The lowest BCUT2D eigenvalue weighted by Gasteiger charge is -2.32. The Hall–Kier alpha value is -1.15. The second-order valence-electron chi connectivity index (χ2n) is 6.81. The van der Waals surface area contributed by atoms with Crippen molar-refractivity contribution in [3.8, 4) is 0 Å². The third kappa shape index (κ3) is 3.63. The van der Waals surface area contributed by atoms with Gasteiger partial charge in [-0.3, -0.25) is 0 Å². The zero-order valence-electron chi connectivity index (χ0n) is 15.7. The van der Waals surface area contributed by atoms with Crippen LogP contribution in [0.4, 0.5) is 0 Å². The van der Waals surface area contributed by atoms with Crippen LogP contribution in [0.3, 0.4) is 0 Å². The number of nitrogens with zero attached hydrogens (tertiary/aromatic N) is 4. The van der Waals surface area contributed by atoms with Crippen molar-refractivity contribution < 1.29 is 8.42 Å². The van der Waals surface area contributed by atoms with E-state index in [1.807, 2.05) is 13.0 Å². The Kier molecular flexibility index (Phi) is 5.91. The topological polar surface area (TPSA) is 58.4 Å². The first-order chi connectivity index (χ1) is 12.4. The molecule has 1 atom stereocenters. The molecule has 2 heterocycles. The third-order valence-corrected chi connectivity index (χ3v) is 7.41. The highest BCUT2D eigenvalue weighted by atomic mass is 35.5. The molecule has 0 N–H and O–H groups in total. The fraction of sp³-hybridized carbons (Fsp3) is 0.611. The molecule has 1 aliphatic rings. The molecule has 8 heteroatoms. The van der Waals surface area contributed by atoms with E-state index in [1.54, 1.807) is 21.0 Å². The smallest absolute Gasteiger partial charge is 0.277 e. The largest absolute Gasteiger partial charge is 0.312 e. The van der Waals surface area contributed by atoms with Crippen LogP contribution in [0.15, 0.2) is 23.4 Å². The molecule has 26 heavy (non-hydrogen) atoms. The minimum Gasteiger partial charge on any atom is -0.312 e. The van der Waals surface area contributed by atoms with Crippen molar-refractivity contribution >= 4 is 32.7 Å². The normalized spacial score (nSPS) is 18.3. The molecule has 6 nitrogen and oxygen atoms in total. The number of benzene rings is 1. The second-order valence-corrected chi connectivity index (χ2v) is 9.03. The van der Waals surface area contributed by atoms with Crippen LogP contribution in [0.25, 0.3) is 11.0 Å². The number of sulfonamides is 1. The molecular weight excluding hydrogens is 372 g/mol. The molecule has 0 saturated carbocycles. The maximum Gasteiger partial charge on any atom is 0.277 e. The second kappa shape index (κ2) is 7.84. The quantitative estimate of drug-likeness (QED) is 0.718. The Bertz CT molecular complexity index is 877. The summed E-state index contributed by atoms with van der Waals surface area (Å²) in [5.41, 5.74) is 1.45.